The van der Waals surface area contributed by atoms with Crippen molar-refractivity contribution in [3.8, 4) is 11.6 Å². The summed E-state index contributed by atoms with van der Waals surface area (Å²) in [4.78, 5) is 8.40. The highest BCUT2D eigenvalue weighted by molar-refractivity contribution is 5.46. The van der Waals surface area contributed by atoms with Crippen LogP contribution < -0.4 is 0 Å². The zero-order valence-electron chi connectivity index (χ0n) is 9.06. The van der Waals surface area contributed by atoms with Crippen LogP contribution in [0.15, 0.2) is 22.9 Å². The molecule has 0 saturated heterocycles. The van der Waals surface area contributed by atoms with Crippen molar-refractivity contribution in [1.82, 2.24) is 15.1 Å². The summed E-state index contributed by atoms with van der Waals surface area (Å²) in [5.74, 6) is 1.58. The molecule has 0 bridgehead atoms. The van der Waals surface area contributed by atoms with E-state index in [9.17, 15) is 0 Å². The largest absolute Gasteiger partial charge is 0.332 e. The average Bonchev–Trinajstić information content (AvgIpc) is 2.65. The molecule has 15 heavy (non-hydrogen) atoms. The van der Waals surface area contributed by atoms with E-state index in [1.807, 2.05) is 18.3 Å². The molecular formula is C11H13N3O. The molecule has 2 rings (SSSR count). The van der Waals surface area contributed by atoms with Crippen LogP contribution in [0.2, 0.25) is 0 Å². The van der Waals surface area contributed by atoms with E-state index >= 15 is 0 Å². The first-order valence-electron chi connectivity index (χ1n) is 4.93. The molecule has 0 aliphatic carbocycles. The minimum absolute atomic E-state index is 0.475. The normalized spacial score (nSPS) is 10.9. The molecule has 4 heteroatoms. The van der Waals surface area contributed by atoms with Gasteiger partial charge in [-0.15, -0.1) is 0 Å². The van der Waals surface area contributed by atoms with Gasteiger partial charge in [0.05, 0.1) is 0 Å². The van der Waals surface area contributed by atoms with Crippen LogP contribution in [-0.2, 0) is 0 Å². The molecule has 0 atom stereocenters. The lowest BCUT2D eigenvalue weighted by atomic mass is 10.1. The molecule has 0 fully saturated rings. The lowest BCUT2D eigenvalue weighted by molar-refractivity contribution is 0.424. The van der Waals surface area contributed by atoms with Gasteiger partial charge in [0.1, 0.15) is 5.69 Å². The second-order valence-electron chi connectivity index (χ2n) is 3.78. The summed E-state index contributed by atoms with van der Waals surface area (Å²) in [6.07, 6.45) is 1.85. The number of nitrogens with zero attached hydrogens (tertiary/aromatic N) is 3. The third kappa shape index (κ3) is 2.03. The van der Waals surface area contributed by atoms with E-state index in [1.165, 1.54) is 5.56 Å². The molecule has 4 nitrogen and oxygen atoms in total. The predicted molar refractivity (Wildman–Crippen MR) is 56.4 cm³/mol. The number of hydrogen-bond acceptors (Lipinski definition) is 4. The lowest BCUT2D eigenvalue weighted by Crippen LogP contribution is -1.90. The van der Waals surface area contributed by atoms with E-state index < -0.39 is 0 Å². The summed E-state index contributed by atoms with van der Waals surface area (Å²) in [5.41, 5.74) is 1.93. The SMILES string of the molecule is Cc1noc(-c2ccc(C(C)C)cn2)n1. The maximum absolute atomic E-state index is 5.03. The lowest BCUT2D eigenvalue weighted by Gasteiger charge is -2.03. The zero-order chi connectivity index (χ0) is 10.8. The number of hydrogen-bond donors (Lipinski definition) is 0. The quantitative estimate of drug-likeness (QED) is 0.752. The highest BCUT2D eigenvalue weighted by Crippen LogP contribution is 2.18. The average molecular weight is 203 g/mol. The van der Waals surface area contributed by atoms with Crippen LogP contribution in [0.4, 0.5) is 0 Å². The van der Waals surface area contributed by atoms with Crippen LogP contribution in [0.5, 0.6) is 0 Å². The third-order valence-electron chi connectivity index (χ3n) is 2.20. The predicted octanol–water partition coefficient (Wildman–Crippen LogP) is 2.56. The van der Waals surface area contributed by atoms with Crippen LogP contribution in [0.3, 0.4) is 0 Å². The zero-order valence-corrected chi connectivity index (χ0v) is 9.06. The molecule has 2 heterocycles. The molecule has 0 N–H and O–H groups in total. The molecular weight excluding hydrogens is 190 g/mol. The van der Waals surface area contributed by atoms with Gasteiger partial charge in [-0.3, -0.25) is 4.98 Å². The van der Waals surface area contributed by atoms with Crippen molar-refractivity contribution in [3.63, 3.8) is 0 Å². The number of pyridine rings is 1. The van der Waals surface area contributed by atoms with Crippen LogP contribution in [0.1, 0.15) is 31.2 Å². The van der Waals surface area contributed by atoms with Gasteiger partial charge in [-0.2, -0.15) is 4.98 Å². The Morgan fingerprint density at radius 1 is 1.27 bits per heavy atom. The second-order valence-corrected chi connectivity index (χ2v) is 3.78. The Morgan fingerprint density at radius 3 is 2.53 bits per heavy atom. The van der Waals surface area contributed by atoms with Gasteiger partial charge in [0.2, 0.25) is 0 Å². The van der Waals surface area contributed by atoms with E-state index in [2.05, 4.69) is 29.0 Å². The Balaban J connectivity index is 2.31. The highest BCUT2D eigenvalue weighted by atomic mass is 16.5. The van der Waals surface area contributed by atoms with Crippen molar-refractivity contribution < 1.29 is 4.52 Å². The Labute approximate surface area is 88.4 Å². The summed E-state index contributed by atoms with van der Waals surface area (Å²) in [7, 11) is 0. The molecule has 78 valence electrons. The third-order valence-corrected chi connectivity index (χ3v) is 2.20. The topological polar surface area (TPSA) is 51.8 Å². The fraction of sp³-hybridized carbons (Fsp3) is 0.364. The molecule has 0 unspecified atom stereocenters. The fourth-order valence-electron chi connectivity index (χ4n) is 1.27. The van der Waals surface area contributed by atoms with Gasteiger partial charge < -0.3 is 4.52 Å². The maximum Gasteiger partial charge on any atom is 0.276 e. The molecule has 0 saturated carbocycles. The Bertz CT molecular complexity index is 445. The Hall–Kier alpha value is -1.71. The van der Waals surface area contributed by atoms with Crippen molar-refractivity contribution in [1.29, 1.82) is 0 Å². The molecule has 0 aliphatic heterocycles. The monoisotopic (exact) mass is 203 g/mol. The minimum Gasteiger partial charge on any atom is -0.332 e. The fourth-order valence-corrected chi connectivity index (χ4v) is 1.27. The van der Waals surface area contributed by atoms with Crippen molar-refractivity contribution in [2.75, 3.05) is 0 Å². The standard InChI is InChI=1S/C11H13N3O/c1-7(2)9-4-5-10(12-6-9)11-13-8(3)14-15-11/h4-7H,1-3H3. The maximum atomic E-state index is 5.03. The van der Waals surface area contributed by atoms with Gasteiger partial charge >= 0.3 is 0 Å². The molecule has 2 aromatic heterocycles. The molecule has 0 aromatic carbocycles. The Morgan fingerprint density at radius 2 is 2.07 bits per heavy atom. The van der Waals surface area contributed by atoms with E-state index in [1.54, 1.807) is 6.92 Å². The van der Waals surface area contributed by atoms with E-state index in [0.717, 1.165) is 5.69 Å². The van der Waals surface area contributed by atoms with Crippen LogP contribution in [0, 0.1) is 6.92 Å². The molecule has 0 radical (unpaired) electrons. The van der Waals surface area contributed by atoms with Gasteiger partial charge in [-0.25, -0.2) is 0 Å². The van der Waals surface area contributed by atoms with Crippen molar-refractivity contribution >= 4 is 0 Å². The van der Waals surface area contributed by atoms with Crippen LogP contribution >= 0.6 is 0 Å². The summed E-state index contributed by atoms with van der Waals surface area (Å²) in [6.45, 7) is 6.05. The van der Waals surface area contributed by atoms with E-state index in [-0.39, 0.29) is 0 Å². The van der Waals surface area contributed by atoms with Crippen LogP contribution in [-0.4, -0.2) is 15.1 Å². The first-order chi connectivity index (χ1) is 7.16. The first-order valence-corrected chi connectivity index (χ1v) is 4.93. The molecule has 0 spiro atoms. The van der Waals surface area contributed by atoms with Crippen LogP contribution in [0.25, 0.3) is 11.6 Å². The molecule has 0 aliphatic rings. The van der Waals surface area contributed by atoms with Gasteiger partial charge in [0.25, 0.3) is 5.89 Å². The minimum atomic E-state index is 0.475. The van der Waals surface area contributed by atoms with Gasteiger partial charge in [0.15, 0.2) is 5.82 Å². The summed E-state index contributed by atoms with van der Waals surface area (Å²) >= 11 is 0. The smallest absolute Gasteiger partial charge is 0.276 e. The second kappa shape index (κ2) is 3.81. The summed E-state index contributed by atoms with van der Waals surface area (Å²) in [5, 5.41) is 3.72. The number of rotatable bonds is 2. The van der Waals surface area contributed by atoms with Gasteiger partial charge in [0, 0.05) is 6.20 Å². The van der Waals surface area contributed by atoms with E-state index in [4.69, 9.17) is 4.52 Å². The van der Waals surface area contributed by atoms with Gasteiger partial charge in [-0.05, 0) is 24.5 Å². The van der Waals surface area contributed by atoms with Crippen molar-refractivity contribution in [2.24, 2.45) is 0 Å². The van der Waals surface area contributed by atoms with E-state index in [0.29, 0.717) is 17.6 Å². The molecule has 2 aromatic rings. The Kier molecular flexibility index (Phi) is 2.49. The summed E-state index contributed by atoms with van der Waals surface area (Å²) in [6, 6.07) is 3.94. The van der Waals surface area contributed by atoms with Crippen molar-refractivity contribution in [3.05, 3.63) is 29.7 Å². The van der Waals surface area contributed by atoms with Crippen molar-refractivity contribution in [2.45, 2.75) is 26.7 Å². The molecule has 0 amide bonds. The number of aromatic nitrogens is 3. The van der Waals surface area contributed by atoms with Gasteiger partial charge in [-0.1, -0.05) is 25.1 Å². The summed E-state index contributed by atoms with van der Waals surface area (Å²) < 4.78 is 5.03. The highest BCUT2D eigenvalue weighted by Gasteiger charge is 2.07. The number of aryl methyl sites for hydroxylation is 1. The first kappa shape index (κ1) is 9.83.